The molecule has 0 saturated carbocycles. The number of nitrogens with zero attached hydrogens (tertiary/aromatic N) is 3. The number of H-pyrrole nitrogens is 1. The molecule has 3 aromatic rings. The van der Waals surface area contributed by atoms with E-state index in [0.29, 0.717) is 49.3 Å². The molecule has 0 unspecified atom stereocenters. The van der Waals surface area contributed by atoms with E-state index in [2.05, 4.69) is 10.2 Å². The summed E-state index contributed by atoms with van der Waals surface area (Å²) in [7, 11) is -1.94. The minimum atomic E-state index is -3.65. The van der Waals surface area contributed by atoms with Crippen LogP contribution in [0, 0.1) is 12.7 Å². The highest BCUT2D eigenvalue weighted by Gasteiger charge is 2.24. The first kappa shape index (κ1) is 25.6. The van der Waals surface area contributed by atoms with Crippen molar-refractivity contribution in [2.45, 2.75) is 38.5 Å². The number of benzene rings is 2. The molecule has 9 heteroatoms. The van der Waals surface area contributed by atoms with Crippen LogP contribution in [0.3, 0.4) is 0 Å². The Morgan fingerprint density at radius 2 is 1.82 bits per heavy atom. The zero-order chi connectivity index (χ0) is 24.9. The third kappa shape index (κ3) is 5.71. The van der Waals surface area contributed by atoms with Crippen molar-refractivity contribution >= 4 is 15.9 Å². The lowest BCUT2D eigenvalue weighted by atomic mass is 10.1. The van der Waals surface area contributed by atoms with Gasteiger partial charge in [-0.3, -0.25) is 9.89 Å². The number of amides is 1. The molecule has 0 bridgehead atoms. The van der Waals surface area contributed by atoms with Gasteiger partial charge in [-0.2, -0.15) is 9.40 Å². The fraction of sp³-hybridized carbons (Fsp3) is 0.360. The average Bonchev–Trinajstić information content (AvgIpc) is 3.28. The van der Waals surface area contributed by atoms with Crippen LogP contribution in [0.25, 0.3) is 11.3 Å². The van der Waals surface area contributed by atoms with E-state index in [1.807, 2.05) is 6.07 Å². The molecular formula is C25H31FN4O3S. The number of carbonyl (C=O) groups is 1. The number of aromatic nitrogens is 2. The largest absolute Gasteiger partial charge is 0.342 e. The molecule has 1 amide bonds. The van der Waals surface area contributed by atoms with Gasteiger partial charge in [0.2, 0.25) is 10.0 Å². The number of hydrogen-bond acceptors (Lipinski definition) is 4. The van der Waals surface area contributed by atoms with Crippen molar-refractivity contribution < 1.29 is 17.6 Å². The van der Waals surface area contributed by atoms with Crippen molar-refractivity contribution in [2.24, 2.45) is 0 Å². The first-order chi connectivity index (χ1) is 16.2. The molecule has 3 rings (SSSR count). The van der Waals surface area contributed by atoms with Gasteiger partial charge in [0.1, 0.15) is 5.82 Å². The van der Waals surface area contributed by atoms with E-state index >= 15 is 0 Å². The number of hydrogen-bond donors (Lipinski definition) is 1. The highest BCUT2D eigenvalue weighted by Crippen LogP contribution is 2.22. The Morgan fingerprint density at radius 3 is 2.50 bits per heavy atom. The molecule has 0 atom stereocenters. The second-order valence-electron chi connectivity index (χ2n) is 8.19. The molecule has 0 spiro atoms. The Bertz CT molecular complexity index is 1250. The van der Waals surface area contributed by atoms with Gasteiger partial charge in [0.25, 0.3) is 5.91 Å². The highest BCUT2D eigenvalue weighted by atomic mass is 32.2. The van der Waals surface area contributed by atoms with Crippen LogP contribution in [-0.2, 0) is 16.4 Å². The average molecular weight is 487 g/mol. The summed E-state index contributed by atoms with van der Waals surface area (Å²) >= 11 is 0. The fourth-order valence-electron chi connectivity index (χ4n) is 3.80. The summed E-state index contributed by atoms with van der Waals surface area (Å²) in [5.41, 5.74) is 3.36. The quantitative estimate of drug-likeness (QED) is 0.464. The Kier molecular flexibility index (Phi) is 8.22. The topological polar surface area (TPSA) is 86.4 Å². The van der Waals surface area contributed by atoms with Crippen LogP contribution in [0.15, 0.2) is 53.4 Å². The zero-order valence-corrected chi connectivity index (χ0v) is 20.8. The molecule has 7 nitrogen and oxygen atoms in total. The lowest BCUT2D eigenvalue weighted by Gasteiger charge is -2.21. The lowest BCUT2D eigenvalue weighted by Crippen LogP contribution is -2.32. The van der Waals surface area contributed by atoms with Gasteiger partial charge in [0.05, 0.1) is 10.6 Å². The highest BCUT2D eigenvalue weighted by molar-refractivity contribution is 7.89. The van der Waals surface area contributed by atoms with Crippen molar-refractivity contribution in [3.63, 3.8) is 0 Å². The second-order valence-corrected chi connectivity index (χ2v) is 10.1. The molecule has 2 aromatic carbocycles. The SMILES string of the molecule is CCN(CC)S(=O)(=O)c1ccc(C)c(C(=O)N(C)CCCc2cc(-c3cccc(F)c3)n[nH]2)c1. The number of carbonyl (C=O) groups excluding carboxylic acids is 1. The van der Waals surface area contributed by atoms with Gasteiger partial charge in [-0.05, 0) is 55.7 Å². The van der Waals surface area contributed by atoms with Crippen molar-refractivity contribution in [3.05, 3.63) is 71.2 Å². The molecule has 182 valence electrons. The maximum absolute atomic E-state index is 13.4. The van der Waals surface area contributed by atoms with E-state index in [1.54, 1.807) is 57.0 Å². The number of sulfonamides is 1. The monoisotopic (exact) mass is 486 g/mol. The number of nitrogens with one attached hydrogen (secondary N) is 1. The predicted octanol–water partition coefficient (Wildman–Crippen LogP) is 4.26. The molecule has 1 heterocycles. The molecule has 0 aliphatic carbocycles. The van der Waals surface area contributed by atoms with E-state index in [9.17, 15) is 17.6 Å². The van der Waals surface area contributed by atoms with E-state index < -0.39 is 10.0 Å². The van der Waals surface area contributed by atoms with E-state index in [0.717, 1.165) is 11.3 Å². The van der Waals surface area contributed by atoms with Crippen molar-refractivity contribution in [1.29, 1.82) is 0 Å². The number of halogens is 1. The Balaban J connectivity index is 1.65. The minimum Gasteiger partial charge on any atom is -0.342 e. The first-order valence-electron chi connectivity index (χ1n) is 11.3. The number of rotatable bonds is 10. The summed E-state index contributed by atoms with van der Waals surface area (Å²) in [6.07, 6.45) is 1.35. The van der Waals surface area contributed by atoms with Crippen LogP contribution in [0.1, 0.15) is 41.9 Å². The van der Waals surface area contributed by atoms with Gasteiger partial charge < -0.3 is 4.90 Å². The fourth-order valence-corrected chi connectivity index (χ4v) is 5.29. The van der Waals surface area contributed by atoms with Crippen molar-refractivity contribution in [2.75, 3.05) is 26.7 Å². The molecule has 0 aliphatic rings. The predicted molar refractivity (Wildman–Crippen MR) is 131 cm³/mol. The maximum Gasteiger partial charge on any atom is 0.253 e. The molecule has 1 N–H and O–H groups in total. The normalized spacial score (nSPS) is 11.7. The summed E-state index contributed by atoms with van der Waals surface area (Å²) in [5, 5.41) is 7.21. The van der Waals surface area contributed by atoms with Gasteiger partial charge in [-0.1, -0.05) is 32.0 Å². The minimum absolute atomic E-state index is 0.126. The third-order valence-corrected chi connectivity index (χ3v) is 7.87. The van der Waals surface area contributed by atoms with E-state index in [-0.39, 0.29) is 16.6 Å². The third-order valence-electron chi connectivity index (χ3n) is 5.82. The summed E-state index contributed by atoms with van der Waals surface area (Å²) in [6, 6.07) is 12.8. The molecule has 0 saturated heterocycles. The smallest absolute Gasteiger partial charge is 0.253 e. The number of aryl methyl sites for hydroxylation is 2. The van der Waals surface area contributed by atoms with Crippen LogP contribution in [0.5, 0.6) is 0 Å². The van der Waals surface area contributed by atoms with Gasteiger partial charge >= 0.3 is 0 Å². The Hall–Kier alpha value is -3.04. The summed E-state index contributed by atoms with van der Waals surface area (Å²) in [5.74, 6) is -0.536. The van der Waals surface area contributed by atoms with Crippen molar-refractivity contribution in [3.8, 4) is 11.3 Å². The zero-order valence-electron chi connectivity index (χ0n) is 20.0. The van der Waals surface area contributed by atoms with Crippen LogP contribution in [0.4, 0.5) is 4.39 Å². The van der Waals surface area contributed by atoms with Gasteiger partial charge in [0, 0.05) is 43.5 Å². The van der Waals surface area contributed by atoms with Crippen LogP contribution < -0.4 is 0 Å². The lowest BCUT2D eigenvalue weighted by molar-refractivity contribution is 0.0792. The van der Waals surface area contributed by atoms with E-state index in [4.69, 9.17) is 0 Å². The van der Waals surface area contributed by atoms with E-state index in [1.165, 1.54) is 22.5 Å². The van der Waals surface area contributed by atoms with Crippen molar-refractivity contribution in [1.82, 2.24) is 19.4 Å². The van der Waals surface area contributed by atoms with Gasteiger partial charge in [-0.15, -0.1) is 0 Å². The molecule has 1 aromatic heterocycles. The van der Waals surface area contributed by atoms with Crippen LogP contribution in [0.2, 0.25) is 0 Å². The van der Waals surface area contributed by atoms with Crippen LogP contribution in [-0.4, -0.2) is 60.4 Å². The van der Waals surface area contributed by atoms with Gasteiger partial charge in [0.15, 0.2) is 0 Å². The second kappa shape index (κ2) is 10.9. The molecule has 34 heavy (non-hydrogen) atoms. The Labute approximate surface area is 200 Å². The first-order valence-corrected chi connectivity index (χ1v) is 12.8. The molecular weight excluding hydrogens is 455 g/mol. The number of aromatic amines is 1. The Morgan fingerprint density at radius 1 is 1.09 bits per heavy atom. The summed E-state index contributed by atoms with van der Waals surface area (Å²) < 4.78 is 40.6. The van der Waals surface area contributed by atoms with Gasteiger partial charge in [-0.25, -0.2) is 12.8 Å². The summed E-state index contributed by atoms with van der Waals surface area (Å²) in [4.78, 5) is 14.8. The maximum atomic E-state index is 13.4. The molecule has 0 radical (unpaired) electrons. The standard InChI is InChI=1S/C25H31FN4O3S/c1-5-30(6-2)34(32,33)22-13-12-18(3)23(17-22)25(31)29(4)14-8-11-21-16-24(28-27-21)19-9-7-10-20(26)15-19/h7,9-10,12-13,15-17H,5-6,8,11,14H2,1-4H3,(H,27,28). The molecule has 0 aliphatic heterocycles. The van der Waals surface area contributed by atoms with Crippen LogP contribution >= 0.6 is 0 Å². The summed E-state index contributed by atoms with van der Waals surface area (Å²) in [6.45, 7) is 6.59. The molecule has 0 fully saturated rings.